The van der Waals surface area contributed by atoms with Crippen LogP contribution in [0, 0.1) is 13.8 Å². The van der Waals surface area contributed by atoms with E-state index in [4.69, 9.17) is 18.8 Å². The second-order valence-electron chi connectivity index (χ2n) is 13.9. The molecule has 0 bridgehead atoms. The Kier molecular flexibility index (Phi) is 7.35. The Morgan fingerprint density at radius 2 is 1.45 bits per heavy atom. The lowest BCUT2D eigenvalue weighted by Crippen LogP contribution is -2.41. The SMILES string of the molecule is COCOc1ccc(C)cc1-c1cccc(-c2sc3c(c2C)C(C)(C)CCC3(C)C)c1B1OC(C)(C)C(C)(C)O1. The topological polar surface area (TPSA) is 36.9 Å². The van der Waals surface area contributed by atoms with Gasteiger partial charge in [0.2, 0.25) is 0 Å². The molecule has 1 saturated heterocycles. The van der Waals surface area contributed by atoms with Gasteiger partial charge in [0, 0.05) is 22.4 Å². The number of rotatable bonds is 6. The molecule has 0 atom stereocenters. The van der Waals surface area contributed by atoms with E-state index in [9.17, 15) is 0 Å². The van der Waals surface area contributed by atoms with Crippen molar-refractivity contribution in [2.75, 3.05) is 13.9 Å². The molecular formula is C34H45BO4S. The molecular weight excluding hydrogens is 515 g/mol. The van der Waals surface area contributed by atoms with Crippen LogP contribution in [0.1, 0.15) is 89.8 Å². The fourth-order valence-electron chi connectivity index (χ4n) is 6.24. The first kappa shape index (κ1) is 29.4. The van der Waals surface area contributed by atoms with Gasteiger partial charge in [-0.3, -0.25) is 0 Å². The van der Waals surface area contributed by atoms with E-state index in [1.807, 2.05) is 17.4 Å². The van der Waals surface area contributed by atoms with Gasteiger partial charge >= 0.3 is 7.12 Å². The highest BCUT2D eigenvalue weighted by atomic mass is 32.1. The maximum absolute atomic E-state index is 6.77. The van der Waals surface area contributed by atoms with Crippen LogP contribution in [-0.2, 0) is 24.9 Å². The molecule has 5 rings (SSSR count). The van der Waals surface area contributed by atoms with Crippen LogP contribution in [-0.4, -0.2) is 32.2 Å². The molecule has 0 saturated carbocycles. The lowest BCUT2D eigenvalue weighted by Gasteiger charge is -2.39. The number of hydrogen-bond donors (Lipinski definition) is 0. The Morgan fingerprint density at radius 1 is 0.825 bits per heavy atom. The van der Waals surface area contributed by atoms with E-state index in [1.165, 1.54) is 39.3 Å². The number of aryl methyl sites for hydroxylation is 1. The molecule has 3 aromatic rings. The molecule has 4 nitrogen and oxygen atoms in total. The van der Waals surface area contributed by atoms with Gasteiger partial charge in [0.15, 0.2) is 6.79 Å². The van der Waals surface area contributed by atoms with E-state index in [1.54, 1.807) is 7.11 Å². The summed E-state index contributed by atoms with van der Waals surface area (Å²) in [5.74, 6) is 0.784. The summed E-state index contributed by atoms with van der Waals surface area (Å²) in [4.78, 5) is 2.83. The molecule has 1 aliphatic carbocycles. The van der Waals surface area contributed by atoms with Gasteiger partial charge in [-0.25, -0.2) is 0 Å². The third-order valence-corrected chi connectivity index (χ3v) is 11.1. The van der Waals surface area contributed by atoms with Crippen LogP contribution in [0.25, 0.3) is 21.6 Å². The maximum atomic E-state index is 6.77. The Morgan fingerprint density at radius 3 is 2.08 bits per heavy atom. The van der Waals surface area contributed by atoms with Crippen LogP contribution < -0.4 is 10.2 Å². The lowest BCUT2D eigenvalue weighted by atomic mass is 9.65. The molecule has 214 valence electrons. The Balaban J connectivity index is 1.80. The first-order chi connectivity index (χ1) is 18.6. The molecule has 40 heavy (non-hydrogen) atoms. The third kappa shape index (κ3) is 4.85. The highest BCUT2D eigenvalue weighted by Crippen LogP contribution is 2.54. The van der Waals surface area contributed by atoms with E-state index >= 15 is 0 Å². The molecule has 1 fully saturated rings. The van der Waals surface area contributed by atoms with Crippen molar-refractivity contribution in [3.63, 3.8) is 0 Å². The first-order valence-electron chi connectivity index (χ1n) is 14.5. The summed E-state index contributed by atoms with van der Waals surface area (Å²) in [6.45, 7) is 22.7. The van der Waals surface area contributed by atoms with Crippen molar-refractivity contribution in [2.24, 2.45) is 0 Å². The van der Waals surface area contributed by atoms with Crippen LogP contribution >= 0.6 is 11.3 Å². The minimum Gasteiger partial charge on any atom is -0.467 e. The van der Waals surface area contributed by atoms with Crippen molar-refractivity contribution in [3.05, 3.63) is 58.0 Å². The van der Waals surface area contributed by atoms with Gasteiger partial charge in [-0.05, 0) is 105 Å². The van der Waals surface area contributed by atoms with E-state index in [-0.39, 0.29) is 17.6 Å². The molecule has 0 N–H and O–H groups in total. The number of thiophene rings is 1. The molecule has 1 aliphatic heterocycles. The number of fused-ring (bicyclic) bond motifs is 1. The Labute approximate surface area is 245 Å². The van der Waals surface area contributed by atoms with Crippen molar-refractivity contribution >= 4 is 23.9 Å². The summed E-state index contributed by atoms with van der Waals surface area (Å²) in [5, 5.41) is 0. The minimum absolute atomic E-state index is 0.142. The number of benzene rings is 2. The second kappa shape index (κ2) is 10.0. The fourth-order valence-corrected chi connectivity index (χ4v) is 7.90. The second-order valence-corrected chi connectivity index (χ2v) is 15.0. The maximum Gasteiger partial charge on any atom is 0.496 e. The zero-order valence-corrected chi connectivity index (χ0v) is 27.0. The molecule has 2 aliphatic rings. The van der Waals surface area contributed by atoms with Gasteiger partial charge in [-0.15, -0.1) is 11.3 Å². The Bertz CT molecular complexity index is 1420. The molecule has 0 spiro atoms. The normalized spacial score (nSPS) is 20.4. The number of hydrogen-bond acceptors (Lipinski definition) is 5. The van der Waals surface area contributed by atoms with Crippen molar-refractivity contribution < 1.29 is 18.8 Å². The van der Waals surface area contributed by atoms with Gasteiger partial charge in [-0.1, -0.05) is 57.5 Å². The lowest BCUT2D eigenvalue weighted by molar-refractivity contribution is 0.00578. The van der Waals surface area contributed by atoms with E-state index in [0.717, 1.165) is 27.9 Å². The molecule has 2 aromatic carbocycles. The van der Waals surface area contributed by atoms with Gasteiger partial charge in [0.1, 0.15) is 5.75 Å². The van der Waals surface area contributed by atoms with E-state index in [2.05, 4.69) is 99.6 Å². The van der Waals surface area contributed by atoms with Gasteiger partial charge < -0.3 is 18.8 Å². The zero-order chi connectivity index (χ0) is 29.3. The highest BCUT2D eigenvalue weighted by Gasteiger charge is 2.53. The molecule has 0 amide bonds. The average Bonchev–Trinajstić information content (AvgIpc) is 3.34. The number of methoxy groups -OCH3 is 1. The van der Waals surface area contributed by atoms with Crippen LogP contribution in [0.5, 0.6) is 5.75 Å². The quantitative estimate of drug-likeness (QED) is 0.224. The van der Waals surface area contributed by atoms with Crippen LogP contribution in [0.2, 0.25) is 0 Å². The van der Waals surface area contributed by atoms with Gasteiger partial charge in [0.25, 0.3) is 0 Å². The van der Waals surface area contributed by atoms with Gasteiger partial charge in [-0.2, -0.15) is 0 Å². The van der Waals surface area contributed by atoms with Crippen molar-refractivity contribution in [3.8, 4) is 27.3 Å². The summed E-state index contributed by atoms with van der Waals surface area (Å²) in [6.07, 6.45) is 2.39. The Hall–Kier alpha value is -2.12. The predicted molar refractivity (Wildman–Crippen MR) is 168 cm³/mol. The van der Waals surface area contributed by atoms with Crippen LogP contribution in [0.4, 0.5) is 0 Å². The zero-order valence-electron chi connectivity index (χ0n) is 26.2. The van der Waals surface area contributed by atoms with E-state index in [0.29, 0.717) is 0 Å². The monoisotopic (exact) mass is 560 g/mol. The van der Waals surface area contributed by atoms with Crippen molar-refractivity contribution in [2.45, 2.75) is 104 Å². The minimum atomic E-state index is -0.522. The molecule has 1 aromatic heterocycles. The smallest absolute Gasteiger partial charge is 0.467 e. The molecule has 6 heteroatoms. The van der Waals surface area contributed by atoms with Crippen molar-refractivity contribution in [1.82, 2.24) is 0 Å². The average molecular weight is 561 g/mol. The molecule has 2 heterocycles. The van der Waals surface area contributed by atoms with Crippen molar-refractivity contribution in [1.29, 1.82) is 0 Å². The summed E-state index contributed by atoms with van der Waals surface area (Å²) in [6, 6.07) is 12.9. The van der Waals surface area contributed by atoms with Crippen LogP contribution in [0.15, 0.2) is 36.4 Å². The summed E-state index contributed by atoms with van der Waals surface area (Å²) >= 11 is 1.96. The highest BCUT2D eigenvalue weighted by molar-refractivity contribution is 7.16. The summed E-state index contributed by atoms with van der Waals surface area (Å²) in [5.41, 5.74) is 7.76. The number of ether oxygens (including phenoxy) is 2. The summed E-state index contributed by atoms with van der Waals surface area (Å²) in [7, 11) is 1.13. The largest absolute Gasteiger partial charge is 0.496 e. The summed E-state index contributed by atoms with van der Waals surface area (Å²) < 4.78 is 24.9. The molecule has 0 unspecified atom stereocenters. The van der Waals surface area contributed by atoms with Gasteiger partial charge in [0.05, 0.1) is 11.2 Å². The third-order valence-electron chi connectivity index (χ3n) is 9.41. The van der Waals surface area contributed by atoms with Crippen LogP contribution in [0.3, 0.4) is 0 Å². The first-order valence-corrected chi connectivity index (χ1v) is 15.3. The fraction of sp³-hybridized carbons (Fsp3) is 0.529. The standard InChI is InChI=1S/C34H45BO4S/c1-21-15-16-26(37-20-36-11)25(19-21)23-13-12-14-24(28(23)35-38-33(7,8)34(9,10)39-35)29-22(2)27-30(40-29)32(5,6)18-17-31(27,3)4/h12-16,19H,17-18,20H2,1-11H3. The predicted octanol–water partition coefficient (Wildman–Crippen LogP) is 8.33. The van der Waals surface area contributed by atoms with E-state index < -0.39 is 18.3 Å². The molecule has 0 radical (unpaired) electrons.